The number of rotatable bonds is 6. The molecule has 0 fully saturated rings. The Labute approximate surface area is 114 Å². The van der Waals surface area contributed by atoms with Crippen molar-refractivity contribution in [1.82, 2.24) is 5.32 Å². The number of halogens is 1. The standard InChI is InChI=1S/C12H15BrN2O3/c1-9(3-2-8-13)14-12(16)10-4-6-11(7-5-10)15(17)18/h4-7,9H,2-3,8H2,1H3,(H,14,16). The fraction of sp³-hybridized carbons (Fsp3) is 0.417. The van der Waals surface area contributed by atoms with E-state index in [1.54, 1.807) is 0 Å². The predicted octanol–water partition coefficient (Wildman–Crippen LogP) is 2.89. The molecule has 0 aliphatic rings. The average Bonchev–Trinajstić information content (AvgIpc) is 2.36. The number of hydrogen-bond acceptors (Lipinski definition) is 3. The van der Waals surface area contributed by atoms with Gasteiger partial charge in [-0.3, -0.25) is 14.9 Å². The minimum atomic E-state index is -0.486. The van der Waals surface area contributed by atoms with Gasteiger partial charge in [0.15, 0.2) is 0 Å². The highest BCUT2D eigenvalue weighted by atomic mass is 79.9. The number of alkyl halides is 1. The fourth-order valence-corrected chi connectivity index (χ4v) is 1.82. The lowest BCUT2D eigenvalue weighted by atomic mass is 10.1. The van der Waals surface area contributed by atoms with Crippen LogP contribution in [0.4, 0.5) is 5.69 Å². The Bertz CT molecular complexity index is 420. The molecule has 1 amide bonds. The molecule has 0 saturated heterocycles. The minimum absolute atomic E-state index is 0.0149. The monoisotopic (exact) mass is 314 g/mol. The van der Waals surface area contributed by atoms with Gasteiger partial charge in [-0.15, -0.1) is 0 Å². The lowest BCUT2D eigenvalue weighted by Gasteiger charge is -2.12. The Morgan fingerprint density at radius 1 is 1.44 bits per heavy atom. The highest BCUT2D eigenvalue weighted by Gasteiger charge is 2.11. The molecule has 0 heterocycles. The van der Waals surface area contributed by atoms with Gasteiger partial charge in [-0.25, -0.2) is 0 Å². The van der Waals surface area contributed by atoms with Gasteiger partial charge in [-0.1, -0.05) is 15.9 Å². The molecule has 1 aromatic carbocycles. The van der Waals surface area contributed by atoms with Crippen LogP contribution in [0.1, 0.15) is 30.1 Å². The van der Waals surface area contributed by atoms with Gasteiger partial charge in [0.05, 0.1) is 4.92 Å². The lowest BCUT2D eigenvalue weighted by Crippen LogP contribution is -2.32. The first kappa shape index (κ1) is 14.6. The molecule has 0 spiro atoms. The van der Waals surface area contributed by atoms with Gasteiger partial charge in [0.2, 0.25) is 0 Å². The van der Waals surface area contributed by atoms with Crippen molar-refractivity contribution in [1.29, 1.82) is 0 Å². The molecular formula is C12H15BrN2O3. The van der Waals surface area contributed by atoms with Crippen molar-refractivity contribution in [2.75, 3.05) is 5.33 Å². The Kier molecular flexibility index (Phi) is 5.77. The molecule has 18 heavy (non-hydrogen) atoms. The Balaban J connectivity index is 2.58. The average molecular weight is 315 g/mol. The maximum Gasteiger partial charge on any atom is 0.269 e. The third-order valence-electron chi connectivity index (χ3n) is 2.49. The van der Waals surface area contributed by atoms with Crippen molar-refractivity contribution in [3.8, 4) is 0 Å². The Morgan fingerprint density at radius 3 is 2.56 bits per heavy atom. The van der Waals surface area contributed by atoms with E-state index in [4.69, 9.17) is 0 Å². The third kappa shape index (κ3) is 4.44. The maximum atomic E-state index is 11.8. The number of non-ortho nitro benzene ring substituents is 1. The van der Waals surface area contributed by atoms with Crippen molar-refractivity contribution < 1.29 is 9.72 Å². The summed E-state index contributed by atoms with van der Waals surface area (Å²) in [6.45, 7) is 1.94. The minimum Gasteiger partial charge on any atom is -0.350 e. The normalized spacial score (nSPS) is 11.9. The number of amides is 1. The lowest BCUT2D eigenvalue weighted by molar-refractivity contribution is -0.384. The van der Waals surface area contributed by atoms with Gasteiger partial charge in [0, 0.05) is 29.1 Å². The van der Waals surface area contributed by atoms with Gasteiger partial charge >= 0.3 is 0 Å². The number of hydrogen-bond donors (Lipinski definition) is 1. The van der Waals surface area contributed by atoms with E-state index in [0.717, 1.165) is 18.2 Å². The van der Waals surface area contributed by atoms with Crippen LogP contribution in [0.15, 0.2) is 24.3 Å². The summed E-state index contributed by atoms with van der Waals surface area (Å²) < 4.78 is 0. The van der Waals surface area contributed by atoms with E-state index in [2.05, 4.69) is 21.2 Å². The van der Waals surface area contributed by atoms with Crippen LogP contribution in [0, 0.1) is 10.1 Å². The van der Waals surface area contributed by atoms with Gasteiger partial charge in [0.25, 0.3) is 11.6 Å². The van der Waals surface area contributed by atoms with Gasteiger partial charge in [0.1, 0.15) is 0 Å². The number of nitro benzene ring substituents is 1. The molecule has 1 N–H and O–H groups in total. The van der Waals surface area contributed by atoms with Gasteiger partial charge < -0.3 is 5.32 Å². The number of benzene rings is 1. The SMILES string of the molecule is CC(CCCBr)NC(=O)c1ccc([N+](=O)[O-])cc1. The van der Waals surface area contributed by atoms with Crippen molar-refractivity contribution in [3.05, 3.63) is 39.9 Å². The second-order valence-electron chi connectivity index (χ2n) is 4.01. The number of carbonyl (C=O) groups excluding carboxylic acids is 1. The van der Waals surface area contributed by atoms with Crippen LogP contribution in [0.2, 0.25) is 0 Å². The summed E-state index contributed by atoms with van der Waals surface area (Å²) in [5, 5.41) is 14.2. The van der Waals surface area contributed by atoms with E-state index in [0.29, 0.717) is 5.56 Å². The number of nitrogens with one attached hydrogen (secondary N) is 1. The first-order valence-electron chi connectivity index (χ1n) is 5.66. The molecule has 1 unspecified atom stereocenters. The van der Waals surface area contributed by atoms with Crippen molar-refractivity contribution in [2.45, 2.75) is 25.8 Å². The second-order valence-corrected chi connectivity index (χ2v) is 4.80. The van der Waals surface area contributed by atoms with Crippen LogP contribution >= 0.6 is 15.9 Å². The Hall–Kier alpha value is -1.43. The van der Waals surface area contributed by atoms with Crippen molar-refractivity contribution in [3.63, 3.8) is 0 Å². The third-order valence-corrected chi connectivity index (χ3v) is 3.05. The highest BCUT2D eigenvalue weighted by molar-refractivity contribution is 9.09. The summed E-state index contributed by atoms with van der Waals surface area (Å²) >= 11 is 3.33. The summed E-state index contributed by atoms with van der Waals surface area (Å²) in [5.74, 6) is -0.202. The van der Waals surface area contributed by atoms with E-state index in [9.17, 15) is 14.9 Å². The molecule has 0 aliphatic carbocycles. The van der Waals surface area contributed by atoms with Crippen molar-refractivity contribution in [2.24, 2.45) is 0 Å². The molecule has 5 nitrogen and oxygen atoms in total. The molecule has 6 heteroatoms. The van der Waals surface area contributed by atoms with Crippen molar-refractivity contribution >= 4 is 27.5 Å². The summed E-state index contributed by atoms with van der Waals surface area (Å²) in [6.07, 6.45) is 1.88. The van der Waals surface area contributed by atoms with Crippen LogP contribution in [-0.2, 0) is 0 Å². The number of nitrogens with zero attached hydrogens (tertiary/aromatic N) is 1. The topological polar surface area (TPSA) is 72.2 Å². The molecule has 1 rings (SSSR count). The molecule has 98 valence electrons. The van der Waals surface area contributed by atoms with Crippen LogP contribution < -0.4 is 5.32 Å². The molecule has 0 aliphatic heterocycles. The molecule has 0 aromatic heterocycles. The highest BCUT2D eigenvalue weighted by Crippen LogP contribution is 2.12. The zero-order valence-corrected chi connectivity index (χ0v) is 11.6. The van der Waals surface area contributed by atoms with Crippen LogP contribution in [-0.4, -0.2) is 22.2 Å². The maximum absolute atomic E-state index is 11.8. The van der Waals surface area contributed by atoms with Gasteiger partial charge in [-0.05, 0) is 31.9 Å². The largest absolute Gasteiger partial charge is 0.350 e. The first-order chi connectivity index (χ1) is 8.54. The molecule has 0 bridgehead atoms. The van der Waals surface area contributed by atoms with E-state index < -0.39 is 4.92 Å². The first-order valence-corrected chi connectivity index (χ1v) is 6.78. The molecule has 0 radical (unpaired) electrons. The zero-order valence-electron chi connectivity index (χ0n) is 10.1. The fourth-order valence-electron chi connectivity index (χ4n) is 1.50. The molecular weight excluding hydrogens is 300 g/mol. The molecule has 1 atom stereocenters. The van der Waals surface area contributed by atoms with Crippen LogP contribution in [0.25, 0.3) is 0 Å². The molecule has 1 aromatic rings. The quantitative estimate of drug-likeness (QED) is 0.498. The predicted molar refractivity (Wildman–Crippen MR) is 73.1 cm³/mol. The van der Waals surface area contributed by atoms with E-state index in [-0.39, 0.29) is 17.6 Å². The van der Waals surface area contributed by atoms with E-state index in [1.165, 1.54) is 24.3 Å². The second kappa shape index (κ2) is 7.10. The Morgan fingerprint density at radius 2 is 2.06 bits per heavy atom. The zero-order chi connectivity index (χ0) is 13.5. The van der Waals surface area contributed by atoms with Gasteiger partial charge in [-0.2, -0.15) is 0 Å². The van der Waals surface area contributed by atoms with Crippen LogP contribution in [0.5, 0.6) is 0 Å². The molecule has 0 saturated carbocycles. The summed E-state index contributed by atoms with van der Waals surface area (Å²) in [7, 11) is 0. The van der Waals surface area contributed by atoms with E-state index in [1.807, 2.05) is 6.92 Å². The summed E-state index contributed by atoms with van der Waals surface area (Å²) in [6, 6.07) is 5.68. The van der Waals surface area contributed by atoms with Crippen LogP contribution in [0.3, 0.4) is 0 Å². The summed E-state index contributed by atoms with van der Waals surface area (Å²) in [5.41, 5.74) is 0.421. The smallest absolute Gasteiger partial charge is 0.269 e. The number of carbonyl (C=O) groups is 1. The van der Waals surface area contributed by atoms with E-state index >= 15 is 0 Å². The number of nitro groups is 1. The summed E-state index contributed by atoms with van der Waals surface area (Å²) in [4.78, 5) is 21.8.